The number of hydrogen-bond acceptors (Lipinski definition) is 1. The molecule has 2 unspecified atom stereocenters. The van der Waals surface area contributed by atoms with E-state index in [-0.39, 0.29) is 10.8 Å². The minimum absolute atomic E-state index is 0.157. The summed E-state index contributed by atoms with van der Waals surface area (Å²) in [4.78, 5) is 4.03. The summed E-state index contributed by atoms with van der Waals surface area (Å²) < 4.78 is 0. The maximum Gasteiger partial charge on any atom is 0.0452 e. The summed E-state index contributed by atoms with van der Waals surface area (Å²) >= 11 is 6.54. The van der Waals surface area contributed by atoms with Crippen molar-refractivity contribution in [3.8, 4) is 0 Å². The third-order valence-electron chi connectivity index (χ3n) is 3.33. The summed E-state index contributed by atoms with van der Waals surface area (Å²) in [6.45, 7) is 8.82. The van der Waals surface area contributed by atoms with Gasteiger partial charge in [-0.15, -0.1) is 11.6 Å². The van der Waals surface area contributed by atoms with Crippen molar-refractivity contribution in [2.75, 3.05) is 0 Å². The van der Waals surface area contributed by atoms with E-state index in [4.69, 9.17) is 11.6 Å². The zero-order chi connectivity index (χ0) is 11.5. The van der Waals surface area contributed by atoms with E-state index < -0.39 is 0 Å². The smallest absolute Gasteiger partial charge is 0.0452 e. The van der Waals surface area contributed by atoms with E-state index in [1.54, 1.807) is 0 Å². The van der Waals surface area contributed by atoms with Gasteiger partial charge in [0, 0.05) is 17.8 Å². The normalized spacial score (nSPS) is 16.1. The highest BCUT2D eigenvalue weighted by Crippen LogP contribution is 2.38. The van der Waals surface area contributed by atoms with Crippen LogP contribution in [-0.4, -0.2) is 10.4 Å². The molecular formula is C13H20ClN. The third-order valence-corrected chi connectivity index (χ3v) is 4.30. The lowest BCUT2D eigenvalue weighted by Crippen LogP contribution is -2.28. The van der Waals surface area contributed by atoms with Gasteiger partial charge in [-0.3, -0.25) is 4.98 Å². The van der Waals surface area contributed by atoms with Gasteiger partial charge in [0.2, 0.25) is 0 Å². The molecule has 2 heteroatoms. The fourth-order valence-corrected chi connectivity index (χ4v) is 2.01. The lowest BCUT2D eigenvalue weighted by molar-refractivity contribution is 0.307. The van der Waals surface area contributed by atoms with Crippen molar-refractivity contribution in [2.45, 2.75) is 45.4 Å². The van der Waals surface area contributed by atoms with Crippen molar-refractivity contribution >= 4 is 11.6 Å². The maximum atomic E-state index is 6.54. The Morgan fingerprint density at radius 3 is 2.33 bits per heavy atom. The first kappa shape index (κ1) is 12.5. The number of halogens is 1. The number of rotatable bonds is 4. The second-order valence-electron chi connectivity index (χ2n) is 4.81. The van der Waals surface area contributed by atoms with Gasteiger partial charge in [-0.05, 0) is 35.4 Å². The van der Waals surface area contributed by atoms with Gasteiger partial charge < -0.3 is 0 Å². The fourth-order valence-electron chi connectivity index (χ4n) is 1.71. The van der Waals surface area contributed by atoms with Crippen LogP contribution < -0.4 is 0 Å². The number of hydrogen-bond donors (Lipinski definition) is 0. The van der Waals surface area contributed by atoms with Crippen LogP contribution in [0.4, 0.5) is 0 Å². The fraction of sp³-hybridized carbons (Fsp3) is 0.615. The number of nitrogens with zero attached hydrogens (tertiary/aromatic N) is 1. The first-order valence-electron chi connectivity index (χ1n) is 5.53. The van der Waals surface area contributed by atoms with E-state index in [1.165, 1.54) is 5.56 Å². The van der Waals surface area contributed by atoms with E-state index in [0.29, 0.717) is 5.92 Å². The largest absolute Gasteiger partial charge is 0.265 e. The molecule has 0 aliphatic rings. The number of pyridine rings is 1. The Balaban J connectivity index is 2.82. The minimum Gasteiger partial charge on any atom is -0.265 e. The van der Waals surface area contributed by atoms with Crippen LogP contribution in [-0.2, 0) is 0 Å². The van der Waals surface area contributed by atoms with E-state index in [0.717, 1.165) is 6.42 Å². The number of aromatic nitrogens is 1. The van der Waals surface area contributed by atoms with Crippen LogP contribution in [0.1, 0.15) is 45.6 Å². The second kappa shape index (κ2) is 4.98. The van der Waals surface area contributed by atoms with Crippen LogP contribution in [0.5, 0.6) is 0 Å². The van der Waals surface area contributed by atoms with E-state index in [1.807, 2.05) is 24.5 Å². The molecule has 0 aliphatic heterocycles. The summed E-state index contributed by atoms with van der Waals surface area (Å²) in [6.07, 6.45) is 4.75. The van der Waals surface area contributed by atoms with Gasteiger partial charge in [-0.25, -0.2) is 0 Å². The molecule has 1 aromatic heterocycles. The van der Waals surface area contributed by atoms with Crippen LogP contribution >= 0.6 is 11.6 Å². The standard InChI is InChI=1S/C13H20ClN/c1-5-13(3,4)12(14)10(2)11-6-8-15-9-7-11/h6-10,12H,5H2,1-4H3. The van der Waals surface area contributed by atoms with E-state index in [9.17, 15) is 0 Å². The van der Waals surface area contributed by atoms with Crippen molar-refractivity contribution in [1.29, 1.82) is 0 Å². The zero-order valence-electron chi connectivity index (χ0n) is 10.00. The van der Waals surface area contributed by atoms with Crippen molar-refractivity contribution in [2.24, 2.45) is 5.41 Å². The Kier molecular flexibility index (Phi) is 4.15. The lowest BCUT2D eigenvalue weighted by Gasteiger charge is -2.33. The monoisotopic (exact) mass is 225 g/mol. The summed E-state index contributed by atoms with van der Waals surface area (Å²) in [7, 11) is 0. The topological polar surface area (TPSA) is 12.9 Å². The Labute approximate surface area is 97.9 Å². The molecule has 0 amide bonds. The first-order valence-corrected chi connectivity index (χ1v) is 5.96. The highest BCUT2D eigenvalue weighted by Gasteiger charge is 2.30. The maximum absolute atomic E-state index is 6.54. The van der Waals surface area contributed by atoms with Crippen LogP contribution in [0.2, 0.25) is 0 Å². The van der Waals surface area contributed by atoms with Gasteiger partial charge in [-0.1, -0.05) is 27.7 Å². The molecule has 0 spiro atoms. The van der Waals surface area contributed by atoms with Gasteiger partial charge in [0.1, 0.15) is 0 Å². The summed E-state index contributed by atoms with van der Waals surface area (Å²) in [5.74, 6) is 0.365. The molecule has 0 saturated heterocycles. The summed E-state index contributed by atoms with van der Waals surface area (Å²) in [5.41, 5.74) is 1.44. The number of alkyl halides is 1. The van der Waals surface area contributed by atoms with Crippen LogP contribution in [0, 0.1) is 5.41 Å². The molecule has 1 nitrogen and oxygen atoms in total. The molecule has 0 aliphatic carbocycles. The molecule has 0 aromatic carbocycles. The Morgan fingerprint density at radius 1 is 1.33 bits per heavy atom. The van der Waals surface area contributed by atoms with Crippen molar-refractivity contribution in [1.82, 2.24) is 4.98 Å². The quantitative estimate of drug-likeness (QED) is 0.699. The average molecular weight is 226 g/mol. The average Bonchev–Trinajstić information content (AvgIpc) is 2.28. The molecule has 84 valence electrons. The molecule has 1 aromatic rings. The van der Waals surface area contributed by atoms with Gasteiger partial charge in [-0.2, -0.15) is 0 Å². The molecule has 1 heterocycles. The predicted molar refractivity (Wildman–Crippen MR) is 66.4 cm³/mol. The van der Waals surface area contributed by atoms with Crippen LogP contribution in [0.15, 0.2) is 24.5 Å². The third kappa shape index (κ3) is 2.94. The second-order valence-corrected chi connectivity index (χ2v) is 5.28. The predicted octanol–water partition coefficient (Wildman–Crippen LogP) is 4.23. The molecule has 0 radical (unpaired) electrons. The summed E-state index contributed by atoms with van der Waals surface area (Å²) in [5, 5.41) is 0.157. The molecule has 2 atom stereocenters. The lowest BCUT2D eigenvalue weighted by atomic mass is 9.78. The SMILES string of the molecule is CCC(C)(C)C(Cl)C(C)c1ccncc1. The zero-order valence-corrected chi connectivity index (χ0v) is 10.8. The molecule has 0 N–H and O–H groups in total. The first-order chi connectivity index (χ1) is 6.99. The van der Waals surface area contributed by atoms with Gasteiger partial charge in [0.15, 0.2) is 0 Å². The molecule has 0 bridgehead atoms. The molecule has 1 rings (SSSR count). The van der Waals surface area contributed by atoms with Crippen LogP contribution in [0.25, 0.3) is 0 Å². The van der Waals surface area contributed by atoms with Crippen molar-refractivity contribution in [3.63, 3.8) is 0 Å². The molecule has 15 heavy (non-hydrogen) atoms. The summed E-state index contributed by atoms with van der Waals surface area (Å²) in [6, 6.07) is 4.09. The molecular weight excluding hydrogens is 206 g/mol. The highest BCUT2D eigenvalue weighted by atomic mass is 35.5. The highest BCUT2D eigenvalue weighted by molar-refractivity contribution is 6.21. The molecule has 0 fully saturated rings. The van der Waals surface area contributed by atoms with Crippen molar-refractivity contribution < 1.29 is 0 Å². The Hall–Kier alpha value is -0.560. The van der Waals surface area contributed by atoms with E-state index >= 15 is 0 Å². The Bertz CT molecular complexity index is 295. The van der Waals surface area contributed by atoms with Gasteiger partial charge in [0.25, 0.3) is 0 Å². The van der Waals surface area contributed by atoms with Crippen molar-refractivity contribution in [3.05, 3.63) is 30.1 Å². The van der Waals surface area contributed by atoms with Gasteiger partial charge in [0.05, 0.1) is 0 Å². The molecule has 0 saturated carbocycles. The van der Waals surface area contributed by atoms with E-state index in [2.05, 4.69) is 32.7 Å². The minimum atomic E-state index is 0.157. The Morgan fingerprint density at radius 2 is 1.87 bits per heavy atom. The van der Waals surface area contributed by atoms with Crippen LogP contribution in [0.3, 0.4) is 0 Å². The van der Waals surface area contributed by atoms with Gasteiger partial charge >= 0.3 is 0 Å².